The molecular weight excluding hydrogens is 188 g/mol. The smallest absolute Gasteiger partial charge is 0.0628 e. The van der Waals surface area contributed by atoms with Crippen LogP contribution in [0.5, 0.6) is 0 Å². The van der Waals surface area contributed by atoms with E-state index in [2.05, 4.69) is 24.1 Å². The van der Waals surface area contributed by atoms with Crippen LogP contribution in [0.15, 0.2) is 0 Å². The van der Waals surface area contributed by atoms with Crippen molar-refractivity contribution in [2.45, 2.75) is 57.2 Å². The van der Waals surface area contributed by atoms with E-state index >= 15 is 0 Å². The van der Waals surface area contributed by atoms with Gasteiger partial charge < -0.3 is 10.4 Å². The van der Waals surface area contributed by atoms with Crippen LogP contribution in [-0.2, 0) is 0 Å². The van der Waals surface area contributed by atoms with Crippen molar-refractivity contribution in [3.8, 4) is 0 Å². The van der Waals surface area contributed by atoms with Crippen LogP contribution in [0.2, 0.25) is 0 Å². The summed E-state index contributed by atoms with van der Waals surface area (Å²) in [5, 5.41) is 13.2. The predicted molar refractivity (Wildman–Crippen MR) is 61.9 cm³/mol. The number of aliphatic hydroxyl groups excluding tert-OH is 1. The number of hydrogen-bond donors (Lipinski definition) is 2. The van der Waals surface area contributed by atoms with Crippen LogP contribution >= 0.6 is 0 Å². The van der Waals surface area contributed by atoms with E-state index in [1.807, 2.05) is 0 Å². The van der Waals surface area contributed by atoms with Gasteiger partial charge in [-0.15, -0.1) is 0 Å². The van der Waals surface area contributed by atoms with Gasteiger partial charge in [-0.2, -0.15) is 0 Å². The summed E-state index contributed by atoms with van der Waals surface area (Å²) in [6, 6.07) is 1.15. The topological polar surface area (TPSA) is 35.5 Å². The van der Waals surface area contributed by atoms with Gasteiger partial charge in [-0.3, -0.25) is 4.90 Å². The maximum absolute atomic E-state index is 9.69. The molecule has 88 valence electrons. The Hall–Kier alpha value is -0.120. The first-order chi connectivity index (χ1) is 7.19. The number of nitrogens with zero attached hydrogens (tertiary/aromatic N) is 1. The first-order valence-corrected chi connectivity index (χ1v) is 6.31. The van der Waals surface area contributed by atoms with E-state index < -0.39 is 0 Å². The van der Waals surface area contributed by atoms with E-state index in [9.17, 15) is 5.11 Å². The van der Waals surface area contributed by atoms with Crippen molar-refractivity contribution in [2.75, 3.05) is 19.7 Å². The van der Waals surface area contributed by atoms with Crippen LogP contribution in [-0.4, -0.2) is 47.3 Å². The van der Waals surface area contributed by atoms with E-state index in [1.165, 1.54) is 25.8 Å². The fourth-order valence-electron chi connectivity index (χ4n) is 3.35. The molecule has 3 nitrogen and oxygen atoms in total. The molecule has 3 heteroatoms. The van der Waals surface area contributed by atoms with E-state index in [1.54, 1.807) is 0 Å². The van der Waals surface area contributed by atoms with Crippen LogP contribution in [0.1, 0.15) is 39.5 Å². The van der Waals surface area contributed by atoms with Crippen molar-refractivity contribution < 1.29 is 5.11 Å². The standard InChI is InChI=1S/C12H24N2O/c1-10(2)14-8-3-5-11(14)12(9-15)6-4-7-13-12/h10-11,13,15H,3-9H2,1-2H3. The van der Waals surface area contributed by atoms with Crippen LogP contribution in [0.4, 0.5) is 0 Å². The summed E-state index contributed by atoms with van der Waals surface area (Å²) < 4.78 is 0. The van der Waals surface area contributed by atoms with Crippen LogP contribution < -0.4 is 5.32 Å². The molecule has 2 heterocycles. The molecule has 2 unspecified atom stereocenters. The van der Waals surface area contributed by atoms with E-state index in [0.717, 1.165) is 13.0 Å². The molecule has 2 aliphatic heterocycles. The lowest BCUT2D eigenvalue weighted by Crippen LogP contribution is -2.59. The van der Waals surface area contributed by atoms with Crippen molar-refractivity contribution >= 4 is 0 Å². The molecule has 2 atom stereocenters. The molecule has 0 radical (unpaired) electrons. The van der Waals surface area contributed by atoms with Crippen molar-refractivity contribution in [2.24, 2.45) is 0 Å². The minimum atomic E-state index is 0.000764. The van der Waals surface area contributed by atoms with Gasteiger partial charge in [-0.1, -0.05) is 0 Å². The Kier molecular flexibility index (Phi) is 3.33. The molecule has 2 fully saturated rings. The second kappa shape index (κ2) is 4.40. The van der Waals surface area contributed by atoms with Gasteiger partial charge in [0.15, 0.2) is 0 Å². The van der Waals surface area contributed by atoms with Crippen molar-refractivity contribution in [3.63, 3.8) is 0 Å². The van der Waals surface area contributed by atoms with Crippen molar-refractivity contribution in [1.29, 1.82) is 0 Å². The third-order valence-corrected chi connectivity index (χ3v) is 4.15. The Morgan fingerprint density at radius 2 is 2.27 bits per heavy atom. The zero-order valence-electron chi connectivity index (χ0n) is 10.00. The molecule has 0 aromatic carbocycles. The number of hydrogen-bond acceptors (Lipinski definition) is 3. The molecule has 0 aromatic heterocycles. The molecule has 0 spiro atoms. The quantitative estimate of drug-likeness (QED) is 0.732. The Bertz CT molecular complexity index is 212. The highest BCUT2D eigenvalue weighted by molar-refractivity contribution is 5.05. The molecule has 2 aliphatic rings. The Morgan fingerprint density at radius 1 is 1.47 bits per heavy atom. The van der Waals surface area contributed by atoms with Gasteiger partial charge >= 0.3 is 0 Å². The molecule has 0 saturated carbocycles. The first kappa shape index (κ1) is 11.4. The van der Waals surface area contributed by atoms with Gasteiger partial charge in [-0.05, 0) is 52.6 Å². The summed E-state index contributed by atoms with van der Waals surface area (Å²) in [6.07, 6.45) is 4.87. The lowest BCUT2D eigenvalue weighted by molar-refractivity contribution is 0.0680. The largest absolute Gasteiger partial charge is 0.394 e. The fraction of sp³-hybridized carbons (Fsp3) is 1.00. The zero-order chi connectivity index (χ0) is 10.9. The third-order valence-electron chi connectivity index (χ3n) is 4.15. The number of likely N-dealkylation sites (tertiary alicyclic amines) is 1. The number of rotatable bonds is 3. The molecule has 0 bridgehead atoms. The highest BCUT2D eigenvalue weighted by Gasteiger charge is 2.45. The monoisotopic (exact) mass is 212 g/mol. The Balaban J connectivity index is 2.13. The number of aliphatic hydroxyl groups is 1. The first-order valence-electron chi connectivity index (χ1n) is 6.31. The van der Waals surface area contributed by atoms with E-state index in [-0.39, 0.29) is 5.54 Å². The minimum Gasteiger partial charge on any atom is -0.394 e. The maximum atomic E-state index is 9.69. The Morgan fingerprint density at radius 3 is 2.80 bits per heavy atom. The van der Waals surface area contributed by atoms with Crippen LogP contribution in [0.25, 0.3) is 0 Å². The van der Waals surface area contributed by atoms with Crippen molar-refractivity contribution in [3.05, 3.63) is 0 Å². The molecule has 0 aliphatic carbocycles. The number of nitrogens with one attached hydrogen (secondary N) is 1. The van der Waals surface area contributed by atoms with Crippen molar-refractivity contribution in [1.82, 2.24) is 10.2 Å². The molecule has 0 amide bonds. The van der Waals surface area contributed by atoms with Gasteiger partial charge in [0.1, 0.15) is 0 Å². The zero-order valence-corrected chi connectivity index (χ0v) is 10.00. The molecule has 2 N–H and O–H groups in total. The van der Waals surface area contributed by atoms with Gasteiger partial charge in [0.25, 0.3) is 0 Å². The molecule has 2 rings (SSSR count). The second-order valence-corrected chi connectivity index (χ2v) is 5.33. The summed E-state index contributed by atoms with van der Waals surface area (Å²) >= 11 is 0. The van der Waals surface area contributed by atoms with Gasteiger partial charge in [0.2, 0.25) is 0 Å². The normalized spacial score (nSPS) is 38.0. The van der Waals surface area contributed by atoms with E-state index in [4.69, 9.17) is 0 Å². The highest BCUT2D eigenvalue weighted by Crippen LogP contribution is 2.34. The summed E-state index contributed by atoms with van der Waals surface area (Å²) in [7, 11) is 0. The van der Waals surface area contributed by atoms with Gasteiger partial charge in [0.05, 0.1) is 12.1 Å². The average Bonchev–Trinajstić information content (AvgIpc) is 2.87. The van der Waals surface area contributed by atoms with E-state index in [0.29, 0.717) is 18.7 Å². The van der Waals surface area contributed by atoms with Gasteiger partial charge in [-0.25, -0.2) is 0 Å². The minimum absolute atomic E-state index is 0.000764. The summed E-state index contributed by atoms with van der Waals surface area (Å²) in [6.45, 7) is 7.09. The Labute approximate surface area is 92.8 Å². The molecule has 0 aromatic rings. The fourth-order valence-corrected chi connectivity index (χ4v) is 3.35. The molecular formula is C12H24N2O. The third kappa shape index (κ3) is 1.93. The summed E-state index contributed by atoms with van der Waals surface area (Å²) in [4.78, 5) is 2.56. The van der Waals surface area contributed by atoms with Gasteiger partial charge in [0, 0.05) is 12.1 Å². The SMILES string of the molecule is CC(C)N1CCCC1C1(CO)CCCN1. The summed E-state index contributed by atoms with van der Waals surface area (Å²) in [5.41, 5.74) is 0.000764. The lowest BCUT2D eigenvalue weighted by Gasteiger charge is -2.41. The van der Waals surface area contributed by atoms with Crippen LogP contribution in [0, 0.1) is 0 Å². The molecule has 15 heavy (non-hydrogen) atoms. The average molecular weight is 212 g/mol. The lowest BCUT2D eigenvalue weighted by atomic mass is 9.87. The second-order valence-electron chi connectivity index (χ2n) is 5.33. The predicted octanol–water partition coefficient (Wildman–Crippen LogP) is 0.974. The molecule has 2 saturated heterocycles. The highest BCUT2D eigenvalue weighted by atomic mass is 16.3. The summed E-state index contributed by atoms with van der Waals surface area (Å²) in [5.74, 6) is 0. The van der Waals surface area contributed by atoms with Crippen LogP contribution in [0.3, 0.4) is 0 Å². The maximum Gasteiger partial charge on any atom is 0.0628 e.